The Bertz CT molecular complexity index is 609. The van der Waals surface area contributed by atoms with Gasteiger partial charge in [0.1, 0.15) is 5.82 Å². The summed E-state index contributed by atoms with van der Waals surface area (Å²) in [7, 11) is 0. The van der Waals surface area contributed by atoms with E-state index in [1.807, 2.05) is 32.9 Å². The van der Waals surface area contributed by atoms with Crippen LogP contribution in [0.1, 0.15) is 32.6 Å². The highest BCUT2D eigenvalue weighted by atomic mass is 19.1. The van der Waals surface area contributed by atoms with E-state index in [1.54, 1.807) is 12.1 Å². The Morgan fingerprint density at radius 3 is 2.15 bits per heavy atom. The van der Waals surface area contributed by atoms with Gasteiger partial charge in [0.25, 0.3) is 5.91 Å². The lowest BCUT2D eigenvalue weighted by molar-refractivity contribution is 0.0949. The number of hydrogen-bond donors (Lipinski definition) is 1. The molecule has 0 spiro atoms. The van der Waals surface area contributed by atoms with Crippen molar-refractivity contribution in [2.45, 2.75) is 27.3 Å². The van der Waals surface area contributed by atoms with Crippen LogP contribution in [-0.2, 0) is 6.54 Å². The third-order valence-corrected chi connectivity index (χ3v) is 3.27. The maximum atomic E-state index is 12.8. The molecule has 2 nitrogen and oxygen atoms in total. The molecule has 0 radical (unpaired) electrons. The summed E-state index contributed by atoms with van der Waals surface area (Å²) < 4.78 is 12.8. The third kappa shape index (κ3) is 3.23. The smallest absolute Gasteiger partial charge is 0.252 e. The second-order valence-electron chi connectivity index (χ2n) is 5.08. The van der Waals surface area contributed by atoms with Crippen LogP contribution >= 0.6 is 0 Å². The van der Waals surface area contributed by atoms with Gasteiger partial charge in [-0.15, -0.1) is 0 Å². The molecule has 0 aliphatic heterocycles. The Hall–Kier alpha value is -2.16. The lowest BCUT2D eigenvalue weighted by Gasteiger charge is -2.11. The minimum absolute atomic E-state index is 0.0932. The number of nitrogens with one attached hydrogen (secondary N) is 1. The van der Waals surface area contributed by atoms with Crippen LogP contribution in [0.3, 0.4) is 0 Å². The maximum absolute atomic E-state index is 12.8. The first-order chi connectivity index (χ1) is 9.47. The molecule has 2 aromatic rings. The number of carbonyl (C=O) groups excluding carboxylic acids is 1. The summed E-state index contributed by atoms with van der Waals surface area (Å²) in [6.07, 6.45) is 0. The van der Waals surface area contributed by atoms with Crippen molar-refractivity contribution in [3.8, 4) is 0 Å². The normalized spacial score (nSPS) is 10.4. The molecule has 0 aliphatic carbocycles. The minimum atomic E-state index is -0.273. The lowest BCUT2D eigenvalue weighted by atomic mass is 9.99. The molecule has 0 unspecified atom stereocenters. The summed E-state index contributed by atoms with van der Waals surface area (Å²) in [5.41, 5.74) is 4.69. The molecule has 3 heteroatoms. The number of halogens is 1. The fourth-order valence-corrected chi connectivity index (χ4v) is 2.41. The maximum Gasteiger partial charge on any atom is 0.252 e. The molecule has 20 heavy (non-hydrogen) atoms. The quantitative estimate of drug-likeness (QED) is 0.906. The predicted molar refractivity (Wildman–Crippen MR) is 78.2 cm³/mol. The Morgan fingerprint density at radius 1 is 1.05 bits per heavy atom. The average Bonchev–Trinajstić information content (AvgIpc) is 2.37. The highest BCUT2D eigenvalue weighted by Gasteiger charge is 2.12. The van der Waals surface area contributed by atoms with E-state index in [0.29, 0.717) is 6.54 Å². The van der Waals surface area contributed by atoms with Gasteiger partial charge in [-0.3, -0.25) is 4.79 Å². The molecule has 0 fully saturated rings. The first-order valence-electron chi connectivity index (χ1n) is 6.58. The summed E-state index contributed by atoms with van der Waals surface area (Å²) in [6, 6.07) is 10.1. The minimum Gasteiger partial charge on any atom is -0.348 e. The van der Waals surface area contributed by atoms with Gasteiger partial charge >= 0.3 is 0 Å². The largest absolute Gasteiger partial charge is 0.348 e. The summed E-state index contributed by atoms with van der Waals surface area (Å²) in [5, 5.41) is 2.87. The van der Waals surface area contributed by atoms with Crippen LogP contribution in [-0.4, -0.2) is 5.91 Å². The number of aryl methyl sites for hydroxylation is 3. The number of rotatable bonds is 3. The van der Waals surface area contributed by atoms with E-state index in [1.165, 1.54) is 12.1 Å². The van der Waals surface area contributed by atoms with Crippen molar-refractivity contribution in [1.82, 2.24) is 5.32 Å². The van der Waals surface area contributed by atoms with Gasteiger partial charge < -0.3 is 5.32 Å². The van der Waals surface area contributed by atoms with Crippen molar-refractivity contribution in [3.05, 3.63) is 70.0 Å². The fraction of sp³-hybridized carbons (Fsp3) is 0.235. The van der Waals surface area contributed by atoms with Gasteiger partial charge in [0.05, 0.1) is 0 Å². The predicted octanol–water partition coefficient (Wildman–Crippen LogP) is 3.68. The zero-order chi connectivity index (χ0) is 14.7. The number of amides is 1. The highest BCUT2D eigenvalue weighted by Crippen LogP contribution is 2.16. The Labute approximate surface area is 118 Å². The molecule has 0 aromatic heterocycles. The van der Waals surface area contributed by atoms with E-state index in [-0.39, 0.29) is 11.7 Å². The van der Waals surface area contributed by atoms with Crippen LogP contribution in [0.4, 0.5) is 4.39 Å². The van der Waals surface area contributed by atoms with Crippen molar-refractivity contribution in [2.24, 2.45) is 0 Å². The molecule has 0 aliphatic rings. The summed E-state index contributed by atoms with van der Waals surface area (Å²) >= 11 is 0. The van der Waals surface area contributed by atoms with Gasteiger partial charge in [0, 0.05) is 12.1 Å². The van der Waals surface area contributed by atoms with Crippen LogP contribution in [0.2, 0.25) is 0 Å². The summed E-state index contributed by atoms with van der Waals surface area (Å²) in [6.45, 7) is 6.28. The van der Waals surface area contributed by atoms with Crippen LogP contribution in [0.25, 0.3) is 0 Å². The monoisotopic (exact) mass is 271 g/mol. The molecule has 104 valence electrons. The fourth-order valence-electron chi connectivity index (χ4n) is 2.41. The number of carbonyl (C=O) groups is 1. The second kappa shape index (κ2) is 5.87. The standard InChI is InChI=1S/C17H18FNO/c1-11-8-12(2)16(13(3)9-11)17(20)19-10-14-4-6-15(18)7-5-14/h4-9H,10H2,1-3H3,(H,19,20). The van der Waals surface area contributed by atoms with Gasteiger partial charge in [-0.05, 0) is 49.6 Å². The number of benzene rings is 2. The van der Waals surface area contributed by atoms with Crippen molar-refractivity contribution >= 4 is 5.91 Å². The van der Waals surface area contributed by atoms with Gasteiger partial charge in [-0.2, -0.15) is 0 Å². The molecular weight excluding hydrogens is 253 g/mol. The van der Waals surface area contributed by atoms with E-state index in [2.05, 4.69) is 5.32 Å². The Balaban J connectivity index is 2.11. The van der Waals surface area contributed by atoms with Crippen molar-refractivity contribution in [3.63, 3.8) is 0 Å². The van der Waals surface area contributed by atoms with Gasteiger partial charge in [-0.25, -0.2) is 4.39 Å². The average molecular weight is 271 g/mol. The molecule has 2 rings (SSSR count). The first-order valence-corrected chi connectivity index (χ1v) is 6.58. The van der Waals surface area contributed by atoms with Crippen molar-refractivity contribution in [2.75, 3.05) is 0 Å². The third-order valence-electron chi connectivity index (χ3n) is 3.27. The van der Waals surface area contributed by atoms with Crippen LogP contribution in [0.5, 0.6) is 0 Å². The summed E-state index contributed by atoms with van der Waals surface area (Å²) in [4.78, 5) is 12.3. The molecule has 1 amide bonds. The van der Waals surface area contributed by atoms with Gasteiger partial charge in [0.2, 0.25) is 0 Å². The highest BCUT2D eigenvalue weighted by molar-refractivity contribution is 5.97. The first kappa shape index (κ1) is 14.3. The zero-order valence-electron chi connectivity index (χ0n) is 12.0. The lowest BCUT2D eigenvalue weighted by Crippen LogP contribution is -2.24. The molecule has 2 aromatic carbocycles. The van der Waals surface area contributed by atoms with Crippen LogP contribution in [0, 0.1) is 26.6 Å². The van der Waals surface area contributed by atoms with E-state index in [9.17, 15) is 9.18 Å². The van der Waals surface area contributed by atoms with Gasteiger partial charge in [-0.1, -0.05) is 29.8 Å². The Kier molecular flexibility index (Phi) is 4.18. The van der Waals surface area contributed by atoms with E-state index < -0.39 is 0 Å². The summed E-state index contributed by atoms with van der Waals surface area (Å²) in [5.74, 6) is -0.366. The van der Waals surface area contributed by atoms with Crippen LogP contribution < -0.4 is 5.32 Å². The zero-order valence-corrected chi connectivity index (χ0v) is 12.0. The second-order valence-corrected chi connectivity index (χ2v) is 5.08. The van der Waals surface area contributed by atoms with E-state index in [0.717, 1.165) is 27.8 Å². The van der Waals surface area contributed by atoms with Crippen molar-refractivity contribution < 1.29 is 9.18 Å². The molecule has 0 heterocycles. The SMILES string of the molecule is Cc1cc(C)c(C(=O)NCc2ccc(F)cc2)c(C)c1. The molecule has 0 atom stereocenters. The number of hydrogen-bond acceptors (Lipinski definition) is 1. The topological polar surface area (TPSA) is 29.1 Å². The van der Waals surface area contributed by atoms with Crippen molar-refractivity contribution in [1.29, 1.82) is 0 Å². The Morgan fingerprint density at radius 2 is 1.60 bits per heavy atom. The molecular formula is C17H18FNO. The van der Waals surface area contributed by atoms with Gasteiger partial charge in [0.15, 0.2) is 0 Å². The molecule has 0 bridgehead atoms. The molecule has 1 N–H and O–H groups in total. The van der Waals surface area contributed by atoms with Crippen LogP contribution in [0.15, 0.2) is 36.4 Å². The van der Waals surface area contributed by atoms with E-state index >= 15 is 0 Å². The molecule has 0 saturated carbocycles. The molecule has 0 saturated heterocycles. The van der Waals surface area contributed by atoms with E-state index in [4.69, 9.17) is 0 Å².